The second-order valence-electron chi connectivity index (χ2n) is 5.22. The van der Waals surface area contributed by atoms with E-state index >= 15 is 0 Å². The zero-order valence-electron chi connectivity index (χ0n) is 11.9. The van der Waals surface area contributed by atoms with Crippen molar-refractivity contribution in [2.75, 3.05) is 39.8 Å². The summed E-state index contributed by atoms with van der Waals surface area (Å²) in [6.45, 7) is 5.14. The molecule has 1 amide bonds. The molecule has 110 valence electrons. The van der Waals surface area contributed by atoms with Gasteiger partial charge in [-0.25, -0.2) is 0 Å². The Hall–Kier alpha value is -0.910. The van der Waals surface area contributed by atoms with Crippen LogP contribution in [0.1, 0.15) is 12.0 Å². The molecule has 0 saturated carbocycles. The summed E-state index contributed by atoms with van der Waals surface area (Å²) in [6.07, 6.45) is 1.11. The smallest absolute Gasteiger partial charge is 0.236 e. The summed E-state index contributed by atoms with van der Waals surface area (Å²) in [5.74, 6) is 0.183. The number of likely N-dealkylation sites (N-methyl/N-ethyl adjacent to an activating group) is 1. The predicted molar refractivity (Wildman–Crippen MR) is 84.5 cm³/mol. The van der Waals surface area contributed by atoms with Gasteiger partial charge in [-0.2, -0.15) is 0 Å². The summed E-state index contributed by atoms with van der Waals surface area (Å²) < 4.78 is 1.05. The summed E-state index contributed by atoms with van der Waals surface area (Å²) in [5, 5.41) is 3.35. The van der Waals surface area contributed by atoms with Crippen molar-refractivity contribution >= 4 is 21.8 Å². The summed E-state index contributed by atoms with van der Waals surface area (Å²) in [6, 6.07) is 8.04. The Morgan fingerprint density at radius 1 is 1.35 bits per heavy atom. The van der Waals surface area contributed by atoms with Gasteiger partial charge < -0.3 is 10.2 Å². The Labute approximate surface area is 129 Å². The van der Waals surface area contributed by atoms with Crippen LogP contribution >= 0.6 is 15.9 Å². The maximum atomic E-state index is 12.3. The molecule has 1 aliphatic heterocycles. The first-order valence-corrected chi connectivity index (χ1v) is 7.86. The van der Waals surface area contributed by atoms with E-state index in [0.717, 1.165) is 42.6 Å². The first kappa shape index (κ1) is 15.5. The van der Waals surface area contributed by atoms with Gasteiger partial charge in [-0.3, -0.25) is 9.69 Å². The molecule has 2 rings (SSSR count). The molecule has 4 nitrogen and oxygen atoms in total. The summed E-state index contributed by atoms with van der Waals surface area (Å²) in [7, 11) is 1.87. The highest BCUT2D eigenvalue weighted by Gasteiger charge is 2.16. The Kier molecular flexibility index (Phi) is 6.01. The van der Waals surface area contributed by atoms with Crippen LogP contribution in [0.25, 0.3) is 0 Å². The van der Waals surface area contributed by atoms with Crippen LogP contribution in [0.15, 0.2) is 28.7 Å². The van der Waals surface area contributed by atoms with E-state index in [1.54, 1.807) is 4.90 Å². The minimum atomic E-state index is 0.183. The van der Waals surface area contributed by atoms with Gasteiger partial charge in [0.15, 0.2) is 0 Å². The highest BCUT2D eigenvalue weighted by molar-refractivity contribution is 9.10. The predicted octanol–water partition coefficient (Wildman–Crippen LogP) is 1.70. The summed E-state index contributed by atoms with van der Waals surface area (Å²) in [5.41, 5.74) is 1.14. The molecule has 5 heteroatoms. The lowest BCUT2D eigenvalue weighted by Gasteiger charge is -2.23. The van der Waals surface area contributed by atoms with E-state index < -0.39 is 0 Å². The van der Waals surface area contributed by atoms with Crippen molar-refractivity contribution in [2.24, 2.45) is 0 Å². The fourth-order valence-corrected chi connectivity index (χ4v) is 2.75. The number of hydrogen-bond donors (Lipinski definition) is 1. The van der Waals surface area contributed by atoms with Gasteiger partial charge in [-0.05, 0) is 31.1 Å². The molecule has 1 heterocycles. The van der Waals surface area contributed by atoms with Crippen LogP contribution in [0.5, 0.6) is 0 Å². The van der Waals surface area contributed by atoms with E-state index in [2.05, 4.69) is 26.1 Å². The average Bonchev–Trinajstić information content (AvgIpc) is 2.70. The van der Waals surface area contributed by atoms with Crippen LogP contribution in [0.3, 0.4) is 0 Å². The third kappa shape index (κ3) is 4.58. The number of nitrogens with zero attached hydrogens (tertiary/aromatic N) is 2. The normalized spacial score (nSPS) is 16.7. The lowest BCUT2D eigenvalue weighted by Crippen LogP contribution is -2.39. The second kappa shape index (κ2) is 7.76. The van der Waals surface area contributed by atoms with E-state index in [-0.39, 0.29) is 5.91 Å². The molecular weight excluding hydrogens is 318 g/mol. The molecule has 0 atom stereocenters. The van der Waals surface area contributed by atoms with Crippen LogP contribution in [0, 0.1) is 0 Å². The van der Waals surface area contributed by atoms with Crippen LogP contribution in [0.4, 0.5) is 0 Å². The second-order valence-corrected chi connectivity index (χ2v) is 6.08. The zero-order valence-corrected chi connectivity index (χ0v) is 13.5. The van der Waals surface area contributed by atoms with Gasteiger partial charge >= 0.3 is 0 Å². The standard InChI is InChI=1S/C15H22BrN3O/c1-18(11-13-5-2-3-6-14(13)16)15(20)12-19-9-4-7-17-8-10-19/h2-3,5-6,17H,4,7-12H2,1H3. The van der Waals surface area contributed by atoms with E-state index in [1.807, 2.05) is 31.3 Å². The molecule has 20 heavy (non-hydrogen) atoms. The van der Waals surface area contributed by atoms with Gasteiger partial charge in [0.25, 0.3) is 0 Å². The molecule has 0 aliphatic carbocycles. The Bertz CT molecular complexity index is 444. The lowest BCUT2D eigenvalue weighted by atomic mass is 10.2. The van der Waals surface area contributed by atoms with Crippen LogP contribution < -0.4 is 5.32 Å². The number of amides is 1. The SMILES string of the molecule is CN(Cc1ccccc1Br)C(=O)CN1CCCNCC1. The summed E-state index contributed by atoms with van der Waals surface area (Å²) in [4.78, 5) is 16.3. The highest BCUT2D eigenvalue weighted by atomic mass is 79.9. The number of carbonyl (C=O) groups excluding carboxylic acids is 1. The molecule has 0 spiro atoms. The van der Waals surface area contributed by atoms with Crippen molar-refractivity contribution in [3.8, 4) is 0 Å². The summed E-state index contributed by atoms with van der Waals surface area (Å²) >= 11 is 3.53. The van der Waals surface area contributed by atoms with Gasteiger partial charge in [0.1, 0.15) is 0 Å². The Morgan fingerprint density at radius 2 is 2.15 bits per heavy atom. The molecule has 1 fully saturated rings. The van der Waals surface area contributed by atoms with Crippen molar-refractivity contribution in [3.05, 3.63) is 34.3 Å². The van der Waals surface area contributed by atoms with Crippen molar-refractivity contribution in [3.63, 3.8) is 0 Å². The maximum absolute atomic E-state index is 12.3. The van der Waals surface area contributed by atoms with Crippen LogP contribution in [0.2, 0.25) is 0 Å². The fourth-order valence-electron chi connectivity index (χ4n) is 2.34. The number of halogens is 1. The average molecular weight is 340 g/mol. The minimum Gasteiger partial charge on any atom is -0.340 e. The van der Waals surface area contributed by atoms with Crippen LogP contribution in [-0.2, 0) is 11.3 Å². The molecule has 0 radical (unpaired) electrons. The van der Waals surface area contributed by atoms with Gasteiger partial charge in [0.2, 0.25) is 5.91 Å². The quantitative estimate of drug-likeness (QED) is 0.906. The van der Waals surface area contributed by atoms with Gasteiger partial charge in [0.05, 0.1) is 6.54 Å². The van der Waals surface area contributed by atoms with Gasteiger partial charge in [-0.15, -0.1) is 0 Å². The first-order valence-electron chi connectivity index (χ1n) is 7.07. The maximum Gasteiger partial charge on any atom is 0.236 e. The molecule has 1 aromatic carbocycles. The number of rotatable bonds is 4. The highest BCUT2D eigenvalue weighted by Crippen LogP contribution is 2.17. The Morgan fingerprint density at radius 3 is 2.95 bits per heavy atom. The van der Waals surface area contributed by atoms with E-state index in [4.69, 9.17) is 0 Å². The largest absolute Gasteiger partial charge is 0.340 e. The molecule has 0 bridgehead atoms. The molecule has 1 aromatic rings. The molecule has 1 N–H and O–H groups in total. The first-order chi connectivity index (χ1) is 9.66. The van der Waals surface area contributed by atoms with Gasteiger partial charge in [-0.1, -0.05) is 34.1 Å². The monoisotopic (exact) mass is 339 g/mol. The van der Waals surface area contributed by atoms with E-state index in [0.29, 0.717) is 13.1 Å². The molecular formula is C15H22BrN3O. The number of carbonyl (C=O) groups is 1. The van der Waals surface area contributed by atoms with Crippen molar-refractivity contribution in [2.45, 2.75) is 13.0 Å². The van der Waals surface area contributed by atoms with Gasteiger partial charge in [0, 0.05) is 31.2 Å². The molecule has 1 saturated heterocycles. The minimum absolute atomic E-state index is 0.183. The van der Waals surface area contributed by atoms with Crippen molar-refractivity contribution < 1.29 is 4.79 Å². The molecule has 0 unspecified atom stereocenters. The van der Waals surface area contributed by atoms with E-state index in [1.165, 1.54) is 0 Å². The Balaban J connectivity index is 1.87. The number of nitrogens with one attached hydrogen (secondary N) is 1. The third-order valence-electron chi connectivity index (χ3n) is 3.58. The number of hydrogen-bond acceptors (Lipinski definition) is 3. The molecule has 0 aromatic heterocycles. The zero-order chi connectivity index (χ0) is 14.4. The van der Waals surface area contributed by atoms with Crippen molar-refractivity contribution in [1.82, 2.24) is 15.1 Å². The molecule has 1 aliphatic rings. The third-order valence-corrected chi connectivity index (χ3v) is 4.36. The van der Waals surface area contributed by atoms with Crippen LogP contribution in [-0.4, -0.2) is 55.5 Å². The topological polar surface area (TPSA) is 35.6 Å². The fraction of sp³-hybridized carbons (Fsp3) is 0.533. The lowest BCUT2D eigenvalue weighted by molar-refractivity contribution is -0.131. The number of benzene rings is 1. The van der Waals surface area contributed by atoms with Crippen molar-refractivity contribution in [1.29, 1.82) is 0 Å². The van der Waals surface area contributed by atoms with E-state index in [9.17, 15) is 4.79 Å².